The maximum Gasteiger partial charge on any atom is 0.115 e. The van der Waals surface area contributed by atoms with Gasteiger partial charge in [-0.25, -0.2) is 15.4 Å². The fourth-order valence-corrected chi connectivity index (χ4v) is 1.40. The second-order valence-electron chi connectivity index (χ2n) is 3.19. The molecule has 15 heavy (non-hydrogen) atoms. The second-order valence-corrected chi connectivity index (χ2v) is 3.19. The summed E-state index contributed by atoms with van der Waals surface area (Å²) in [6, 6.07) is 1.73. The molecule has 1 atom stereocenters. The van der Waals surface area contributed by atoms with Crippen molar-refractivity contribution in [2.45, 2.75) is 6.04 Å². The van der Waals surface area contributed by atoms with Gasteiger partial charge in [0.25, 0.3) is 0 Å². The third-order valence-corrected chi connectivity index (χ3v) is 2.11. The highest BCUT2D eigenvalue weighted by Crippen LogP contribution is 2.17. The van der Waals surface area contributed by atoms with Crippen LogP contribution in [-0.4, -0.2) is 19.7 Å². The highest BCUT2D eigenvalue weighted by atomic mass is 15.3. The average molecular weight is 204 g/mol. The van der Waals surface area contributed by atoms with Gasteiger partial charge in [0.1, 0.15) is 6.33 Å². The summed E-state index contributed by atoms with van der Waals surface area (Å²) in [5.41, 5.74) is 4.42. The molecule has 1 unspecified atom stereocenters. The van der Waals surface area contributed by atoms with Gasteiger partial charge in [-0.15, -0.1) is 0 Å². The molecule has 0 bridgehead atoms. The van der Waals surface area contributed by atoms with Gasteiger partial charge in [0.05, 0.1) is 11.7 Å². The fraction of sp³-hybridized carbons (Fsp3) is 0.222. The lowest BCUT2D eigenvalue weighted by Gasteiger charge is -2.12. The van der Waals surface area contributed by atoms with Crippen LogP contribution in [-0.2, 0) is 7.05 Å². The summed E-state index contributed by atoms with van der Waals surface area (Å²) in [6.07, 6.45) is 6.78. The molecule has 3 N–H and O–H groups in total. The molecule has 0 aromatic carbocycles. The first-order valence-corrected chi connectivity index (χ1v) is 4.52. The topological polar surface area (TPSA) is 81.7 Å². The molecule has 78 valence electrons. The molecule has 0 saturated carbocycles. The number of rotatable bonds is 3. The van der Waals surface area contributed by atoms with Crippen LogP contribution in [0, 0.1) is 0 Å². The van der Waals surface area contributed by atoms with Crippen molar-refractivity contribution in [2.24, 2.45) is 12.9 Å². The van der Waals surface area contributed by atoms with E-state index in [0.717, 1.165) is 11.3 Å². The van der Waals surface area contributed by atoms with Crippen LogP contribution in [0.2, 0.25) is 0 Å². The maximum absolute atomic E-state index is 5.49. The Morgan fingerprint density at radius 1 is 1.40 bits per heavy atom. The highest BCUT2D eigenvalue weighted by Gasteiger charge is 2.14. The highest BCUT2D eigenvalue weighted by molar-refractivity contribution is 5.21. The Hall–Kier alpha value is -1.79. The van der Waals surface area contributed by atoms with E-state index in [4.69, 9.17) is 5.84 Å². The lowest BCUT2D eigenvalue weighted by molar-refractivity contribution is 0.599. The molecule has 0 saturated heterocycles. The van der Waals surface area contributed by atoms with Gasteiger partial charge < -0.3 is 0 Å². The summed E-state index contributed by atoms with van der Waals surface area (Å²) in [7, 11) is 1.86. The van der Waals surface area contributed by atoms with Crippen LogP contribution in [0.25, 0.3) is 0 Å². The van der Waals surface area contributed by atoms with E-state index in [9.17, 15) is 0 Å². The predicted octanol–water partition coefficient (Wildman–Crippen LogP) is -0.237. The molecule has 0 fully saturated rings. The monoisotopic (exact) mass is 204 g/mol. The van der Waals surface area contributed by atoms with E-state index >= 15 is 0 Å². The van der Waals surface area contributed by atoms with Gasteiger partial charge in [0, 0.05) is 31.2 Å². The molecule has 2 aromatic heterocycles. The summed E-state index contributed by atoms with van der Waals surface area (Å²) < 4.78 is 1.73. The van der Waals surface area contributed by atoms with Crippen molar-refractivity contribution >= 4 is 0 Å². The summed E-state index contributed by atoms with van der Waals surface area (Å²) in [6.45, 7) is 0. The number of nitrogens with one attached hydrogen (secondary N) is 1. The van der Waals surface area contributed by atoms with Gasteiger partial charge in [-0.1, -0.05) is 0 Å². The first kappa shape index (κ1) is 9.75. The van der Waals surface area contributed by atoms with Crippen LogP contribution in [0.3, 0.4) is 0 Å². The van der Waals surface area contributed by atoms with Crippen molar-refractivity contribution in [3.63, 3.8) is 0 Å². The Kier molecular flexibility index (Phi) is 2.70. The van der Waals surface area contributed by atoms with Crippen molar-refractivity contribution in [1.29, 1.82) is 0 Å². The SMILES string of the molecule is Cn1ccc(C(NN)c2cncnc2)n1. The minimum absolute atomic E-state index is 0.174. The zero-order valence-electron chi connectivity index (χ0n) is 8.33. The lowest BCUT2D eigenvalue weighted by atomic mass is 10.1. The molecule has 6 nitrogen and oxygen atoms in total. The first-order chi connectivity index (χ1) is 7.31. The normalized spacial score (nSPS) is 12.7. The van der Waals surface area contributed by atoms with Crippen molar-refractivity contribution in [1.82, 2.24) is 25.2 Å². The maximum atomic E-state index is 5.49. The molecular formula is C9H12N6. The van der Waals surface area contributed by atoms with E-state index in [-0.39, 0.29) is 6.04 Å². The van der Waals surface area contributed by atoms with E-state index in [1.165, 1.54) is 6.33 Å². The number of hydrogen-bond acceptors (Lipinski definition) is 5. The predicted molar refractivity (Wildman–Crippen MR) is 54.4 cm³/mol. The molecule has 2 rings (SSSR count). The molecule has 0 aliphatic heterocycles. The van der Waals surface area contributed by atoms with E-state index in [1.54, 1.807) is 17.1 Å². The molecule has 0 aliphatic rings. The Bertz CT molecular complexity index is 423. The third kappa shape index (κ3) is 2.00. The van der Waals surface area contributed by atoms with Gasteiger partial charge in [-0.2, -0.15) is 5.10 Å². The Morgan fingerprint density at radius 2 is 2.13 bits per heavy atom. The van der Waals surface area contributed by atoms with Crippen LogP contribution >= 0.6 is 0 Å². The molecule has 0 aliphatic carbocycles. The van der Waals surface area contributed by atoms with Gasteiger partial charge in [-0.3, -0.25) is 10.5 Å². The molecule has 2 heterocycles. The van der Waals surface area contributed by atoms with Crippen LogP contribution < -0.4 is 11.3 Å². The largest absolute Gasteiger partial charge is 0.275 e. The Balaban J connectivity index is 2.33. The zero-order valence-corrected chi connectivity index (χ0v) is 8.33. The molecule has 0 amide bonds. The molecular weight excluding hydrogens is 192 g/mol. The second kappa shape index (κ2) is 4.16. The van der Waals surface area contributed by atoms with Crippen molar-refractivity contribution < 1.29 is 0 Å². The summed E-state index contributed by atoms with van der Waals surface area (Å²) >= 11 is 0. The van der Waals surface area contributed by atoms with Crippen LogP contribution in [0.1, 0.15) is 17.3 Å². The van der Waals surface area contributed by atoms with Crippen LogP contribution in [0.4, 0.5) is 0 Å². The molecule has 6 heteroatoms. The summed E-state index contributed by atoms with van der Waals surface area (Å²) in [5.74, 6) is 5.49. The minimum atomic E-state index is -0.174. The van der Waals surface area contributed by atoms with E-state index in [1.807, 2.05) is 19.3 Å². The minimum Gasteiger partial charge on any atom is -0.275 e. The van der Waals surface area contributed by atoms with Gasteiger partial charge in [-0.05, 0) is 6.07 Å². The van der Waals surface area contributed by atoms with E-state index in [2.05, 4.69) is 20.5 Å². The summed E-state index contributed by atoms with van der Waals surface area (Å²) in [4.78, 5) is 7.89. The zero-order chi connectivity index (χ0) is 10.7. The fourth-order valence-electron chi connectivity index (χ4n) is 1.40. The Morgan fingerprint density at radius 3 is 2.67 bits per heavy atom. The number of nitrogens with two attached hydrogens (primary N) is 1. The quantitative estimate of drug-likeness (QED) is 0.533. The van der Waals surface area contributed by atoms with Gasteiger partial charge in [0.15, 0.2) is 0 Å². The first-order valence-electron chi connectivity index (χ1n) is 4.52. The number of aryl methyl sites for hydroxylation is 1. The smallest absolute Gasteiger partial charge is 0.115 e. The average Bonchev–Trinajstić information content (AvgIpc) is 2.68. The summed E-state index contributed by atoms with van der Waals surface area (Å²) in [5, 5.41) is 4.28. The van der Waals surface area contributed by atoms with Crippen molar-refractivity contribution in [2.75, 3.05) is 0 Å². The number of hydrogen-bond donors (Lipinski definition) is 2. The van der Waals surface area contributed by atoms with E-state index in [0.29, 0.717) is 0 Å². The molecule has 2 aromatic rings. The third-order valence-electron chi connectivity index (χ3n) is 2.11. The number of hydrazine groups is 1. The van der Waals surface area contributed by atoms with Gasteiger partial charge in [0.2, 0.25) is 0 Å². The standard InChI is InChI=1S/C9H12N6/c1-15-3-2-8(14-15)9(13-10)7-4-11-6-12-5-7/h2-6,9,13H,10H2,1H3. The van der Waals surface area contributed by atoms with Crippen LogP contribution in [0.5, 0.6) is 0 Å². The molecule has 0 spiro atoms. The van der Waals surface area contributed by atoms with Gasteiger partial charge >= 0.3 is 0 Å². The van der Waals surface area contributed by atoms with E-state index < -0.39 is 0 Å². The lowest BCUT2D eigenvalue weighted by Crippen LogP contribution is -2.29. The Labute approximate surface area is 87.1 Å². The number of aromatic nitrogens is 4. The molecule has 0 radical (unpaired) electrons. The van der Waals surface area contributed by atoms with Crippen molar-refractivity contribution in [3.8, 4) is 0 Å². The van der Waals surface area contributed by atoms with Crippen LogP contribution in [0.15, 0.2) is 31.0 Å². The van der Waals surface area contributed by atoms with Crippen molar-refractivity contribution in [3.05, 3.63) is 42.2 Å². The number of nitrogens with zero attached hydrogens (tertiary/aromatic N) is 4.